The lowest BCUT2D eigenvalue weighted by Crippen LogP contribution is -2.05. The van der Waals surface area contributed by atoms with E-state index in [2.05, 4.69) is 32.1 Å². The molecular formula is C19H22OS. The van der Waals surface area contributed by atoms with E-state index in [9.17, 15) is 4.21 Å². The van der Waals surface area contributed by atoms with E-state index >= 15 is 0 Å². The van der Waals surface area contributed by atoms with Gasteiger partial charge in [0.15, 0.2) is 0 Å². The molecule has 0 spiro atoms. The normalized spacial score (nSPS) is 14.7. The van der Waals surface area contributed by atoms with Gasteiger partial charge in [0.25, 0.3) is 0 Å². The van der Waals surface area contributed by atoms with Crippen LogP contribution in [0.4, 0.5) is 0 Å². The number of benzene rings is 2. The summed E-state index contributed by atoms with van der Waals surface area (Å²) in [6.07, 6.45) is 3.00. The van der Waals surface area contributed by atoms with Gasteiger partial charge >= 0.3 is 0 Å². The van der Waals surface area contributed by atoms with E-state index in [4.69, 9.17) is 0 Å². The third kappa shape index (κ3) is 3.92. The molecule has 0 radical (unpaired) electrons. The third-order valence-electron chi connectivity index (χ3n) is 3.58. The van der Waals surface area contributed by atoms with Gasteiger partial charge in [0.1, 0.15) is 0 Å². The van der Waals surface area contributed by atoms with Gasteiger partial charge in [-0.1, -0.05) is 68.0 Å². The summed E-state index contributed by atoms with van der Waals surface area (Å²) in [6.45, 7) is 6.26. The molecule has 0 aliphatic carbocycles. The molecule has 21 heavy (non-hydrogen) atoms. The van der Waals surface area contributed by atoms with Crippen molar-refractivity contribution in [3.63, 3.8) is 0 Å². The Morgan fingerprint density at radius 2 is 1.71 bits per heavy atom. The average Bonchev–Trinajstić information content (AvgIpc) is 2.53. The Labute approximate surface area is 130 Å². The lowest BCUT2D eigenvalue weighted by Gasteiger charge is -2.16. The lowest BCUT2D eigenvalue weighted by atomic mass is 10.0. The molecule has 0 saturated heterocycles. The Hall–Kier alpha value is -1.67. The molecule has 1 nitrogen and oxygen atoms in total. The van der Waals surface area contributed by atoms with Crippen molar-refractivity contribution in [3.8, 4) is 0 Å². The molecule has 0 heterocycles. The molecule has 0 aliphatic heterocycles. The molecule has 0 aliphatic rings. The Morgan fingerprint density at radius 3 is 2.29 bits per heavy atom. The summed E-state index contributed by atoms with van der Waals surface area (Å²) in [5.41, 5.74) is 2.39. The molecule has 0 N–H and O–H groups in total. The Morgan fingerprint density at radius 1 is 1.10 bits per heavy atom. The second-order valence-electron chi connectivity index (χ2n) is 5.23. The third-order valence-corrected chi connectivity index (χ3v) is 5.23. The summed E-state index contributed by atoms with van der Waals surface area (Å²) in [5, 5.41) is 0. The fourth-order valence-corrected chi connectivity index (χ4v) is 3.75. The largest absolute Gasteiger partial charge is 0.249 e. The number of hydrogen-bond acceptors (Lipinski definition) is 1. The SMILES string of the molecule is CC/C=C(/[C@@H](C)c1ccccc1)S(=O)c1ccc(C)cc1. The van der Waals surface area contributed by atoms with E-state index in [0.29, 0.717) is 0 Å². The summed E-state index contributed by atoms with van der Waals surface area (Å²) in [6, 6.07) is 18.2. The van der Waals surface area contributed by atoms with Gasteiger partial charge in [-0.3, -0.25) is 0 Å². The van der Waals surface area contributed by atoms with Crippen molar-refractivity contribution < 1.29 is 4.21 Å². The molecular weight excluding hydrogens is 276 g/mol. The van der Waals surface area contributed by atoms with Crippen LogP contribution in [-0.4, -0.2) is 4.21 Å². The van der Waals surface area contributed by atoms with Gasteiger partial charge in [-0.25, -0.2) is 4.21 Å². The maximum atomic E-state index is 12.9. The van der Waals surface area contributed by atoms with Gasteiger partial charge in [-0.05, 0) is 31.0 Å². The molecule has 2 heteroatoms. The molecule has 0 amide bonds. The predicted molar refractivity (Wildman–Crippen MR) is 90.8 cm³/mol. The zero-order valence-electron chi connectivity index (χ0n) is 12.9. The first-order chi connectivity index (χ1) is 10.1. The topological polar surface area (TPSA) is 17.1 Å². The van der Waals surface area contributed by atoms with Crippen molar-refractivity contribution in [2.24, 2.45) is 0 Å². The smallest absolute Gasteiger partial charge is 0.0811 e. The van der Waals surface area contributed by atoms with Crippen molar-refractivity contribution in [2.45, 2.75) is 38.0 Å². The number of hydrogen-bond donors (Lipinski definition) is 0. The summed E-state index contributed by atoms with van der Waals surface area (Å²) in [7, 11) is -1.10. The molecule has 2 aromatic rings. The minimum Gasteiger partial charge on any atom is -0.249 e. The molecule has 2 aromatic carbocycles. The highest BCUT2D eigenvalue weighted by molar-refractivity contribution is 7.89. The van der Waals surface area contributed by atoms with Crippen LogP contribution in [0.2, 0.25) is 0 Å². The van der Waals surface area contributed by atoms with Crippen molar-refractivity contribution in [2.75, 3.05) is 0 Å². The number of aryl methyl sites for hydroxylation is 1. The maximum Gasteiger partial charge on any atom is 0.0811 e. The minimum absolute atomic E-state index is 0.160. The second-order valence-corrected chi connectivity index (χ2v) is 6.71. The first-order valence-corrected chi connectivity index (χ1v) is 8.52. The quantitative estimate of drug-likeness (QED) is 0.741. The fourth-order valence-electron chi connectivity index (χ4n) is 2.32. The van der Waals surface area contributed by atoms with Crippen LogP contribution in [0, 0.1) is 6.92 Å². The van der Waals surface area contributed by atoms with E-state index in [0.717, 1.165) is 16.2 Å². The monoisotopic (exact) mass is 298 g/mol. The van der Waals surface area contributed by atoms with E-state index in [1.165, 1.54) is 11.1 Å². The minimum atomic E-state index is -1.10. The van der Waals surface area contributed by atoms with Crippen LogP contribution in [0.25, 0.3) is 0 Å². The van der Waals surface area contributed by atoms with Crippen LogP contribution >= 0.6 is 0 Å². The number of rotatable bonds is 5. The zero-order chi connectivity index (χ0) is 15.2. The molecule has 0 bridgehead atoms. The van der Waals surface area contributed by atoms with Crippen molar-refractivity contribution in [1.82, 2.24) is 0 Å². The summed E-state index contributed by atoms with van der Waals surface area (Å²) >= 11 is 0. The van der Waals surface area contributed by atoms with Gasteiger partial charge in [0.2, 0.25) is 0 Å². The van der Waals surface area contributed by atoms with E-state index < -0.39 is 10.8 Å². The maximum absolute atomic E-state index is 12.9. The van der Waals surface area contributed by atoms with Crippen molar-refractivity contribution in [3.05, 3.63) is 76.7 Å². The first kappa shape index (κ1) is 15.7. The molecule has 2 atom stereocenters. The highest BCUT2D eigenvalue weighted by atomic mass is 32.2. The highest BCUT2D eigenvalue weighted by Gasteiger charge is 2.18. The average molecular weight is 298 g/mol. The lowest BCUT2D eigenvalue weighted by molar-refractivity contribution is 0.683. The second kappa shape index (κ2) is 7.37. The summed E-state index contributed by atoms with van der Waals surface area (Å²) in [5.74, 6) is 0.160. The number of allylic oxidation sites excluding steroid dienone is 2. The van der Waals surface area contributed by atoms with Crippen LogP contribution in [0.5, 0.6) is 0 Å². The van der Waals surface area contributed by atoms with Crippen LogP contribution < -0.4 is 0 Å². The van der Waals surface area contributed by atoms with Crippen LogP contribution in [-0.2, 0) is 10.8 Å². The Kier molecular flexibility index (Phi) is 5.51. The molecule has 2 rings (SSSR count). The standard InChI is InChI=1S/C19H22OS/c1-4-8-19(16(3)17-9-6-5-7-10-17)21(20)18-13-11-15(2)12-14-18/h5-14,16H,4H2,1-3H3/b19-8-/t16-,21?/m0/s1. The highest BCUT2D eigenvalue weighted by Crippen LogP contribution is 2.30. The Balaban J connectivity index is 2.33. The zero-order valence-corrected chi connectivity index (χ0v) is 13.7. The van der Waals surface area contributed by atoms with Crippen molar-refractivity contribution in [1.29, 1.82) is 0 Å². The van der Waals surface area contributed by atoms with E-state index in [-0.39, 0.29) is 5.92 Å². The van der Waals surface area contributed by atoms with Crippen LogP contribution in [0.15, 0.2) is 70.5 Å². The molecule has 110 valence electrons. The van der Waals surface area contributed by atoms with Gasteiger partial charge in [0.05, 0.1) is 10.8 Å². The fraction of sp³-hybridized carbons (Fsp3) is 0.263. The van der Waals surface area contributed by atoms with E-state index in [1.54, 1.807) is 0 Å². The first-order valence-electron chi connectivity index (χ1n) is 7.37. The predicted octanol–water partition coefficient (Wildman–Crippen LogP) is 5.20. The van der Waals surface area contributed by atoms with Crippen LogP contribution in [0.1, 0.15) is 37.3 Å². The van der Waals surface area contributed by atoms with Gasteiger partial charge in [-0.15, -0.1) is 0 Å². The summed E-state index contributed by atoms with van der Waals surface area (Å²) in [4.78, 5) is 1.87. The van der Waals surface area contributed by atoms with Gasteiger partial charge in [0, 0.05) is 15.7 Å². The van der Waals surface area contributed by atoms with Crippen LogP contribution in [0.3, 0.4) is 0 Å². The van der Waals surface area contributed by atoms with Gasteiger partial charge < -0.3 is 0 Å². The summed E-state index contributed by atoms with van der Waals surface area (Å²) < 4.78 is 12.9. The molecule has 1 unspecified atom stereocenters. The molecule has 0 aromatic heterocycles. The van der Waals surface area contributed by atoms with Gasteiger partial charge in [-0.2, -0.15) is 0 Å². The Bertz CT molecular complexity index is 626. The molecule has 0 saturated carbocycles. The van der Waals surface area contributed by atoms with E-state index in [1.807, 2.05) is 49.4 Å². The van der Waals surface area contributed by atoms with Crippen molar-refractivity contribution >= 4 is 10.8 Å². The molecule has 0 fully saturated rings.